The zero-order valence-electron chi connectivity index (χ0n) is 11.6. The van der Waals surface area contributed by atoms with Gasteiger partial charge in [-0.15, -0.1) is 0 Å². The Kier molecular flexibility index (Phi) is 21.2. The molecule has 98 valence electrons. The molecular weight excluding hydrogens is 204 g/mol. The lowest BCUT2D eigenvalue weighted by molar-refractivity contribution is -0.119. The molecule has 0 fully saturated rings. The van der Waals surface area contributed by atoms with Crippen molar-refractivity contribution in [2.75, 3.05) is 13.6 Å². The minimum absolute atomic E-state index is 0.0799. The van der Waals surface area contributed by atoms with Crippen molar-refractivity contribution in [3.8, 4) is 0 Å². The summed E-state index contributed by atoms with van der Waals surface area (Å²) in [5.41, 5.74) is 4.87. The number of rotatable bonds is 4. The summed E-state index contributed by atoms with van der Waals surface area (Å²) in [5, 5.41) is 2.35. The van der Waals surface area contributed by atoms with Crippen LogP contribution in [0.2, 0.25) is 0 Å². The Morgan fingerprint density at radius 1 is 1.25 bits per heavy atom. The third-order valence-corrected chi connectivity index (χ3v) is 1.54. The van der Waals surface area contributed by atoms with Gasteiger partial charge < -0.3 is 15.8 Å². The molecule has 4 heteroatoms. The number of carbonyl (C=O) groups excluding carboxylic acids is 2. The van der Waals surface area contributed by atoms with E-state index >= 15 is 0 Å². The van der Waals surface area contributed by atoms with Crippen molar-refractivity contribution in [1.29, 1.82) is 0 Å². The molecule has 0 heterocycles. The SMILES string of the molecule is CC.CC(=O)CCC(C)C.CNC(=O)CN. The second-order valence-corrected chi connectivity index (χ2v) is 3.51. The van der Waals surface area contributed by atoms with Crippen molar-refractivity contribution in [1.82, 2.24) is 5.32 Å². The van der Waals surface area contributed by atoms with Gasteiger partial charge in [0.05, 0.1) is 6.54 Å². The first-order valence-corrected chi connectivity index (χ1v) is 5.84. The third kappa shape index (κ3) is 29.2. The van der Waals surface area contributed by atoms with Gasteiger partial charge in [0.1, 0.15) is 5.78 Å². The van der Waals surface area contributed by atoms with E-state index in [9.17, 15) is 9.59 Å². The van der Waals surface area contributed by atoms with E-state index in [1.54, 1.807) is 14.0 Å². The predicted octanol–water partition coefficient (Wildman–Crippen LogP) is 1.73. The largest absolute Gasteiger partial charge is 0.358 e. The molecule has 3 N–H and O–H groups in total. The van der Waals surface area contributed by atoms with Gasteiger partial charge in [-0.1, -0.05) is 27.7 Å². The van der Waals surface area contributed by atoms with Gasteiger partial charge in [0.25, 0.3) is 0 Å². The number of nitrogens with two attached hydrogens (primary N) is 1. The predicted molar refractivity (Wildman–Crippen MR) is 69.2 cm³/mol. The molecule has 0 aliphatic carbocycles. The van der Waals surface area contributed by atoms with Crippen LogP contribution in [0.5, 0.6) is 0 Å². The van der Waals surface area contributed by atoms with Crippen molar-refractivity contribution in [3.05, 3.63) is 0 Å². The normalized spacial score (nSPS) is 8.25. The molecular formula is C12H28N2O2. The van der Waals surface area contributed by atoms with Crippen molar-refractivity contribution < 1.29 is 9.59 Å². The fourth-order valence-electron chi connectivity index (χ4n) is 0.594. The van der Waals surface area contributed by atoms with Gasteiger partial charge in [-0.25, -0.2) is 0 Å². The topological polar surface area (TPSA) is 72.2 Å². The quantitative estimate of drug-likeness (QED) is 0.775. The molecule has 0 rings (SSSR count). The lowest BCUT2D eigenvalue weighted by atomic mass is 10.1. The molecule has 0 radical (unpaired) electrons. The van der Waals surface area contributed by atoms with Crippen molar-refractivity contribution in [2.45, 2.75) is 47.5 Å². The second kappa shape index (κ2) is 16.5. The first-order valence-electron chi connectivity index (χ1n) is 5.84. The molecule has 0 aromatic heterocycles. The Bertz CT molecular complexity index is 162. The summed E-state index contributed by atoms with van der Waals surface area (Å²) in [6.45, 7) is 9.98. The molecule has 0 atom stereocenters. The molecule has 0 unspecified atom stereocenters. The molecule has 0 bridgehead atoms. The average molecular weight is 232 g/mol. The van der Waals surface area contributed by atoms with Crippen LogP contribution in [0.15, 0.2) is 0 Å². The molecule has 1 amide bonds. The van der Waals surface area contributed by atoms with Crippen molar-refractivity contribution in [2.24, 2.45) is 11.7 Å². The Morgan fingerprint density at radius 2 is 1.69 bits per heavy atom. The highest BCUT2D eigenvalue weighted by molar-refractivity contribution is 5.77. The van der Waals surface area contributed by atoms with E-state index in [2.05, 4.69) is 19.2 Å². The van der Waals surface area contributed by atoms with Crippen LogP contribution in [0, 0.1) is 5.92 Å². The highest BCUT2D eigenvalue weighted by atomic mass is 16.1. The van der Waals surface area contributed by atoms with Gasteiger partial charge in [-0.05, 0) is 19.3 Å². The molecule has 16 heavy (non-hydrogen) atoms. The van der Waals surface area contributed by atoms with E-state index in [4.69, 9.17) is 5.73 Å². The smallest absolute Gasteiger partial charge is 0.233 e. The Hall–Kier alpha value is -0.900. The maximum absolute atomic E-state index is 10.3. The lowest BCUT2D eigenvalue weighted by Crippen LogP contribution is -2.26. The minimum Gasteiger partial charge on any atom is -0.358 e. The minimum atomic E-state index is -0.130. The van der Waals surface area contributed by atoms with Crippen molar-refractivity contribution >= 4 is 11.7 Å². The lowest BCUT2D eigenvalue weighted by Gasteiger charge is -1.98. The van der Waals surface area contributed by atoms with Gasteiger partial charge in [0.15, 0.2) is 0 Å². The van der Waals surface area contributed by atoms with Gasteiger partial charge >= 0.3 is 0 Å². The second-order valence-electron chi connectivity index (χ2n) is 3.51. The van der Waals surface area contributed by atoms with Gasteiger partial charge in [-0.3, -0.25) is 4.79 Å². The third-order valence-electron chi connectivity index (χ3n) is 1.54. The van der Waals surface area contributed by atoms with E-state index in [0.29, 0.717) is 11.7 Å². The van der Waals surface area contributed by atoms with Gasteiger partial charge in [0.2, 0.25) is 5.91 Å². The van der Waals surface area contributed by atoms with Crippen LogP contribution in [0.3, 0.4) is 0 Å². The summed E-state index contributed by atoms with van der Waals surface area (Å²) >= 11 is 0. The number of hydrogen-bond acceptors (Lipinski definition) is 3. The fourth-order valence-corrected chi connectivity index (χ4v) is 0.594. The first-order chi connectivity index (χ1) is 7.43. The summed E-state index contributed by atoms with van der Waals surface area (Å²) in [7, 11) is 1.55. The van der Waals surface area contributed by atoms with E-state index in [-0.39, 0.29) is 12.5 Å². The summed E-state index contributed by atoms with van der Waals surface area (Å²) in [5.74, 6) is 0.840. The number of nitrogens with one attached hydrogen (secondary N) is 1. The van der Waals surface area contributed by atoms with Crippen LogP contribution >= 0.6 is 0 Å². The molecule has 0 aliphatic rings. The monoisotopic (exact) mass is 232 g/mol. The van der Waals surface area contributed by atoms with Crippen molar-refractivity contribution in [3.63, 3.8) is 0 Å². The van der Waals surface area contributed by atoms with Gasteiger partial charge in [-0.2, -0.15) is 0 Å². The van der Waals surface area contributed by atoms with E-state index < -0.39 is 0 Å². The van der Waals surface area contributed by atoms with Crippen LogP contribution < -0.4 is 11.1 Å². The zero-order valence-corrected chi connectivity index (χ0v) is 11.6. The summed E-state index contributed by atoms with van der Waals surface area (Å²) in [6, 6.07) is 0. The van der Waals surface area contributed by atoms with E-state index in [1.807, 2.05) is 13.8 Å². The molecule has 0 aromatic carbocycles. The summed E-state index contributed by atoms with van der Waals surface area (Å²) in [6.07, 6.45) is 1.78. The fraction of sp³-hybridized carbons (Fsp3) is 0.833. The first kappa shape index (κ1) is 20.5. The molecule has 0 aromatic rings. The Balaban J connectivity index is -0.000000188. The molecule has 0 saturated heterocycles. The molecule has 0 saturated carbocycles. The number of likely N-dealkylation sites (N-methyl/N-ethyl adjacent to an activating group) is 1. The zero-order chi connectivity index (χ0) is 13.6. The molecule has 4 nitrogen and oxygen atoms in total. The summed E-state index contributed by atoms with van der Waals surface area (Å²) in [4.78, 5) is 20.3. The number of hydrogen-bond donors (Lipinski definition) is 2. The standard InChI is InChI=1S/C7H14O.C3H8N2O.C2H6/c1-6(2)4-5-7(3)8;1-5-3(6)2-4;1-2/h6H,4-5H2,1-3H3;2,4H2,1H3,(H,5,6);1-2H3. The average Bonchev–Trinajstić information content (AvgIpc) is 2.28. The van der Waals surface area contributed by atoms with Crippen LogP contribution in [0.4, 0.5) is 0 Å². The highest BCUT2D eigenvalue weighted by Gasteiger charge is 1.95. The molecule has 0 spiro atoms. The van der Waals surface area contributed by atoms with Crippen LogP contribution in [0.25, 0.3) is 0 Å². The highest BCUT2D eigenvalue weighted by Crippen LogP contribution is 2.02. The van der Waals surface area contributed by atoms with E-state index in [0.717, 1.165) is 12.8 Å². The summed E-state index contributed by atoms with van der Waals surface area (Å²) < 4.78 is 0. The number of ketones is 1. The van der Waals surface area contributed by atoms with Gasteiger partial charge in [0, 0.05) is 13.5 Å². The van der Waals surface area contributed by atoms with E-state index in [1.165, 1.54) is 0 Å². The van der Waals surface area contributed by atoms with Crippen LogP contribution in [0.1, 0.15) is 47.5 Å². The Labute approximate surface area is 100.0 Å². The maximum Gasteiger partial charge on any atom is 0.233 e. The number of amides is 1. The maximum atomic E-state index is 10.3. The molecule has 0 aliphatic heterocycles. The van der Waals surface area contributed by atoms with Crippen LogP contribution in [-0.2, 0) is 9.59 Å². The van der Waals surface area contributed by atoms with Crippen LogP contribution in [-0.4, -0.2) is 25.3 Å². The number of Topliss-reactive ketones (excluding diaryl/α,β-unsaturated/α-hetero) is 1. The number of carbonyl (C=O) groups is 2. The Morgan fingerprint density at radius 3 is 1.75 bits per heavy atom.